The van der Waals surface area contributed by atoms with Gasteiger partial charge in [-0.3, -0.25) is 0 Å². The van der Waals surface area contributed by atoms with E-state index in [0.29, 0.717) is 36.1 Å². The smallest absolute Gasteiger partial charge is 0.412 e. The Bertz CT molecular complexity index is 866. The standard InChI is InChI=1S/C36H62N2O4/c1-4-6-8-9-10-11-12-13-14-15-16-17-18-19-20-23-27-37-36(40)42-33-26-29-38(28-7-5-2)34(31(33)3)35(39)41-30-32-24-21-22-25-32/h26,29,32H,4-25,27-28,30H2,1-3H3/p+1. The molecule has 0 aromatic carbocycles. The number of esters is 1. The summed E-state index contributed by atoms with van der Waals surface area (Å²) in [6.45, 7) is 8.06. The quantitative estimate of drug-likeness (QED) is 0.0742. The molecule has 1 aliphatic rings. The van der Waals surface area contributed by atoms with Crippen molar-refractivity contribution in [1.82, 2.24) is 5.32 Å². The molecule has 0 bridgehead atoms. The van der Waals surface area contributed by atoms with Crippen LogP contribution in [0.25, 0.3) is 0 Å². The van der Waals surface area contributed by atoms with Crippen molar-refractivity contribution in [2.75, 3.05) is 13.2 Å². The van der Waals surface area contributed by atoms with Gasteiger partial charge in [-0.1, -0.05) is 129 Å². The first kappa shape index (κ1) is 36.1. The average Bonchev–Trinajstić information content (AvgIpc) is 3.51. The summed E-state index contributed by atoms with van der Waals surface area (Å²) < 4.78 is 13.3. The van der Waals surface area contributed by atoms with Gasteiger partial charge in [0, 0.05) is 19.0 Å². The zero-order valence-corrected chi connectivity index (χ0v) is 27.5. The molecule has 0 radical (unpaired) electrons. The maximum Gasteiger partial charge on any atom is 0.412 e. The van der Waals surface area contributed by atoms with Gasteiger partial charge in [0.2, 0.25) is 0 Å². The van der Waals surface area contributed by atoms with Crippen molar-refractivity contribution in [2.24, 2.45) is 5.92 Å². The second-order valence-corrected chi connectivity index (χ2v) is 12.6. The lowest BCUT2D eigenvalue weighted by molar-refractivity contribution is -0.700. The van der Waals surface area contributed by atoms with Gasteiger partial charge in [0.1, 0.15) is 12.3 Å². The summed E-state index contributed by atoms with van der Waals surface area (Å²) in [5.74, 6) is 0.558. The predicted molar refractivity (Wildman–Crippen MR) is 172 cm³/mol. The van der Waals surface area contributed by atoms with Crippen LogP contribution in [0.3, 0.4) is 0 Å². The molecule has 1 heterocycles. The van der Waals surface area contributed by atoms with Crippen molar-refractivity contribution in [3.63, 3.8) is 0 Å². The van der Waals surface area contributed by atoms with Crippen molar-refractivity contribution >= 4 is 12.1 Å². The van der Waals surface area contributed by atoms with Crippen LogP contribution in [0.1, 0.15) is 171 Å². The molecule has 1 aromatic rings. The number of unbranched alkanes of at least 4 members (excludes halogenated alkanes) is 16. The Morgan fingerprint density at radius 3 is 1.86 bits per heavy atom. The van der Waals surface area contributed by atoms with Gasteiger partial charge in [-0.2, -0.15) is 4.57 Å². The highest BCUT2D eigenvalue weighted by molar-refractivity contribution is 5.88. The third-order valence-corrected chi connectivity index (χ3v) is 8.79. The fourth-order valence-corrected chi connectivity index (χ4v) is 6.02. The fraction of sp³-hybridized carbons (Fsp3) is 0.806. The zero-order valence-electron chi connectivity index (χ0n) is 27.5. The molecule has 0 unspecified atom stereocenters. The molecule has 0 atom stereocenters. The summed E-state index contributed by atoms with van der Waals surface area (Å²) in [7, 11) is 0. The Labute approximate surface area is 257 Å². The first-order chi connectivity index (χ1) is 20.6. The highest BCUT2D eigenvalue weighted by Crippen LogP contribution is 2.26. The Hall–Kier alpha value is -2.11. The third kappa shape index (κ3) is 15.4. The average molecular weight is 588 g/mol. The van der Waals surface area contributed by atoms with Crippen molar-refractivity contribution in [1.29, 1.82) is 0 Å². The molecule has 1 saturated carbocycles. The largest absolute Gasteiger partial charge is 0.457 e. The van der Waals surface area contributed by atoms with E-state index in [0.717, 1.165) is 45.1 Å². The Morgan fingerprint density at radius 2 is 1.31 bits per heavy atom. The zero-order chi connectivity index (χ0) is 30.3. The molecule has 6 heteroatoms. The maximum absolute atomic E-state index is 13.1. The van der Waals surface area contributed by atoms with Crippen molar-refractivity contribution in [3.8, 4) is 5.75 Å². The van der Waals surface area contributed by atoms with Crippen LogP contribution in [0, 0.1) is 12.8 Å². The number of hydrogen-bond acceptors (Lipinski definition) is 4. The minimum atomic E-state index is -0.462. The van der Waals surface area contributed by atoms with Gasteiger partial charge in [-0.15, -0.1) is 0 Å². The molecule has 1 aromatic heterocycles. The monoisotopic (exact) mass is 587 g/mol. The number of ether oxygens (including phenoxy) is 2. The number of pyridine rings is 1. The number of nitrogens with one attached hydrogen (secondary N) is 1. The van der Waals surface area contributed by atoms with Crippen LogP contribution in [-0.4, -0.2) is 25.2 Å². The van der Waals surface area contributed by atoms with Crippen molar-refractivity contribution in [3.05, 3.63) is 23.5 Å². The minimum absolute atomic E-state index is 0.325. The number of carbonyl (C=O) groups excluding carboxylic acids is 2. The highest BCUT2D eigenvalue weighted by Gasteiger charge is 2.29. The molecule has 0 spiro atoms. The second kappa shape index (κ2) is 23.4. The van der Waals surface area contributed by atoms with E-state index in [2.05, 4.69) is 19.2 Å². The van der Waals surface area contributed by atoms with Gasteiger partial charge < -0.3 is 14.8 Å². The Balaban J connectivity index is 1.59. The van der Waals surface area contributed by atoms with E-state index < -0.39 is 6.09 Å². The molecule has 1 aliphatic carbocycles. The summed E-state index contributed by atoms with van der Waals surface area (Å²) in [5.41, 5.74) is 1.15. The number of hydrogen-bond donors (Lipinski definition) is 1. The molecule has 0 aliphatic heterocycles. The van der Waals surface area contributed by atoms with Crippen LogP contribution in [0.15, 0.2) is 12.3 Å². The highest BCUT2D eigenvalue weighted by atomic mass is 16.6. The van der Waals surface area contributed by atoms with E-state index in [1.807, 2.05) is 17.7 Å². The molecular weight excluding hydrogens is 524 g/mol. The molecule has 1 amide bonds. The van der Waals surface area contributed by atoms with E-state index in [1.54, 1.807) is 6.07 Å². The summed E-state index contributed by atoms with van der Waals surface area (Å²) in [4.78, 5) is 25.6. The van der Waals surface area contributed by atoms with E-state index in [1.165, 1.54) is 103 Å². The van der Waals surface area contributed by atoms with Gasteiger partial charge in [0.05, 0.1) is 12.2 Å². The van der Waals surface area contributed by atoms with Crippen LogP contribution < -0.4 is 14.6 Å². The van der Waals surface area contributed by atoms with Crippen LogP contribution in [-0.2, 0) is 11.3 Å². The topological polar surface area (TPSA) is 68.5 Å². The SMILES string of the molecule is CCCCCCCCCCCCCCCCCCNC(=O)Oc1cc[n+](CCCC)c(C(=O)OCC2CCCC2)c1C. The molecule has 42 heavy (non-hydrogen) atoms. The molecule has 6 nitrogen and oxygen atoms in total. The van der Waals surface area contributed by atoms with Crippen LogP contribution in [0.2, 0.25) is 0 Å². The molecule has 2 rings (SSSR count). The lowest BCUT2D eigenvalue weighted by Crippen LogP contribution is -2.42. The molecule has 1 fully saturated rings. The maximum atomic E-state index is 13.1. The van der Waals surface area contributed by atoms with Crippen LogP contribution in [0.4, 0.5) is 4.79 Å². The first-order valence-corrected chi connectivity index (χ1v) is 17.7. The summed E-state index contributed by atoms with van der Waals surface area (Å²) >= 11 is 0. The van der Waals surface area contributed by atoms with E-state index in [-0.39, 0.29) is 5.97 Å². The van der Waals surface area contributed by atoms with Gasteiger partial charge in [-0.25, -0.2) is 9.59 Å². The Kier molecular flexibility index (Phi) is 20.1. The predicted octanol–water partition coefficient (Wildman–Crippen LogP) is 9.78. The lowest BCUT2D eigenvalue weighted by atomic mass is 10.0. The third-order valence-electron chi connectivity index (χ3n) is 8.79. The normalized spacial score (nSPS) is 13.4. The van der Waals surface area contributed by atoms with Gasteiger partial charge in [0.15, 0.2) is 6.20 Å². The molecule has 1 N–H and O–H groups in total. The first-order valence-electron chi connectivity index (χ1n) is 17.7. The van der Waals surface area contributed by atoms with Crippen LogP contribution >= 0.6 is 0 Å². The summed E-state index contributed by atoms with van der Waals surface area (Å²) in [5, 5.41) is 2.88. The summed E-state index contributed by atoms with van der Waals surface area (Å²) in [6.07, 6.45) is 29.3. The van der Waals surface area contributed by atoms with E-state index >= 15 is 0 Å². The molecular formula is C36H63N2O4+. The fourth-order valence-electron chi connectivity index (χ4n) is 6.02. The number of nitrogens with zero attached hydrogens (tertiary/aromatic N) is 1. The number of rotatable bonds is 24. The number of aromatic nitrogens is 1. The molecule has 0 saturated heterocycles. The minimum Gasteiger partial charge on any atom is -0.457 e. The number of carbonyl (C=O) groups is 2. The second-order valence-electron chi connectivity index (χ2n) is 12.6. The lowest BCUT2D eigenvalue weighted by Gasteiger charge is -2.13. The van der Waals surface area contributed by atoms with Gasteiger partial charge >= 0.3 is 12.1 Å². The van der Waals surface area contributed by atoms with Crippen molar-refractivity contribution < 1.29 is 23.6 Å². The van der Waals surface area contributed by atoms with E-state index in [9.17, 15) is 9.59 Å². The molecule has 240 valence electrons. The van der Waals surface area contributed by atoms with Gasteiger partial charge in [0.25, 0.3) is 5.69 Å². The number of amides is 1. The van der Waals surface area contributed by atoms with E-state index in [4.69, 9.17) is 9.47 Å². The van der Waals surface area contributed by atoms with Gasteiger partial charge in [-0.05, 0) is 32.1 Å². The Morgan fingerprint density at radius 1 is 0.786 bits per heavy atom. The summed E-state index contributed by atoms with van der Waals surface area (Å²) in [6, 6.07) is 1.78. The van der Waals surface area contributed by atoms with Crippen LogP contribution in [0.5, 0.6) is 5.75 Å². The van der Waals surface area contributed by atoms with Crippen molar-refractivity contribution in [2.45, 2.75) is 169 Å². The number of aryl methyl sites for hydroxylation is 1.